The smallest absolute Gasteiger partial charge is 0.268 e. The number of para-hydroxylation sites is 1. The largest absolute Gasteiger partial charge is 0.494 e. The lowest BCUT2D eigenvalue weighted by atomic mass is 10.2. The fourth-order valence-electron chi connectivity index (χ4n) is 3.21. The van der Waals surface area contributed by atoms with Crippen molar-refractivity contribution in [2.45, 2.75) is 24.2 Å². The van der Waals surface area contributed by atoms with Crippen molar-refractivity contribution in [2.75, 3.05) is 25.5 Å². The zero-order valence-electron chi connectivity index (χ0n) is 15.2. The fourth-order valence-corrected chi connectivity index (χ4v) is 6.90. The molecule has 1 aliphatic rings. The summed E-state index contributed by atoms with van der Waals surface area (Å²) in [7, 11) is -2.11. The summed E-state index contributed by atoms with van der Waals surface area (Å²) < 4.78 is 33.6. The van der Waals surface area contributed by atoms with Crippen LogP contribution in [-0.4, -0.2) is 43.8 Å². The summed E-state index contributed by atoms with van der Waals surface area (Å²) in [5.41, 5.74) is 0.664. The van der Waals surface area contributed by atoms with E-state index in [9.17, 15) is 13.2 Å². The Balaban J connectivity index is 1.61. The van der Waals surface area contributed by atoms with Crippen LogP contribution in [0.1, 0.15) is 28.9 Å². The normalized spacial score (nSPS) is 15.6. The predicted octanol–water partition coefficient (Wildman–Crippen LogP) is 3.79. The zero-order chi connectivity index (χ0) is 19.7. The summed E-state index contributed by atoms with van der Waals surface area (Å²) >= 11 is 2.43. The Morgan fingerprint density at radius 2 is 2.00 bits per heavy atom. The van der Waals surface area contributed by atoms with Crippen LogP contribution in [0.4, 0.5) is 5.13 Å². The molecule has 4 rings (SSSR count). The maximum atomic E-state index is 13.0. The molecular weight excluding hydrogens is 418 g/mol. The molecule has 0 unspecified atom stereocenters. The van der Waals surface area contributed by atoms with E-state index < -0.39 is 15.9 Å². The van der Waals surface area contributed by atoms with Crippen LogP contribution in [0.5, 0.6) is 5.75 Å². The number of nitrogens with one attached hydrogen (secondary N) is 1. The number of carbonyl (C=O) groups excluding carboxylic acids is 1. The molecule has 1 aromatic carbocycles. The van der Waals surface area contributed by atoms with Gasteiger partial charge in [0.15, 0.2) is 5.13 Å². The van der Waals surface area contributed by atoms with Crippen LogP contribution in [0.3, 0.4) is 0 Å². The van der Waals surface area contributed by atoms with Crippen molar-refractivity contribution in [3.8, 4) is 5.75 Å². The van der Waals surface area contributed by atoms with Gasteiger partial charge in [0.05, 0.1) is 11.8 Å². The number of rotatable bonds is 5. The number of ether oxygens (including phenoxy) is 1. The molecule has 1 aliphatic heterocycles. The third-order valence-electron chi connectivity index (χ3n) is 4.59. The molecule has 3 aromatic rings. The predicted molar refractivity (Wildman–Crippen MR) is 111 cm³/mol. The number of hydrogen-bond acceptors (Lipinski definition) is 7. The van der Waals surface area contributed by atoms with Crippen molar-refractivity contribution in [1.29, 1.82) is 0 Å². The Labute approximate surface area is 171 Å². The van der Waals surface area contributed by atoms with Crippen molar-refractivity contribution < 1.29 is 17.9 Å². The summed E-state index contributed by atoms with van der Waals surface area (Å²) in [5.74, 6) is 0.155. The number of aromatic nitrogens is 1. The molecule has 1 saturated heterocycles. The zero-order valence-corrected chi connectivity index (χ0v) is 17.6. The lowest BCUT2D eigenvalue weighted by molar-refractivity contribution is 0.102. The number of thiophene rings is 1. The number of sulfonamides is 1. The lowest BCUT2D eigenvalue weighted by Gasteiger charge is -2.25. The molecule has 2 aromatic heterocycles. The first-order chi connectivity index (χ1) is 13.5. The van der Waals surface area contributed by atoms with E-state index in [0.717, 1.165) is 35.3 Å². The van der Waals surface area contributed by atoms with Gasteiger partial charge in [-0.2, -0.15) is 4.31 Å². The monoisotopic (exact) mass is 437 g/mol. The quantitative estimate of drug-likeness (QED) is 0.656. The van der Waals surface area contributed by atoms with Crippen LogP contribution < -0.4 is 10.1 Å². The Kier molecular flexibility index (Phi) is 5.37. The van der Waals surface area contributed by atoms with E-state index in [1.165, 1.54) is 21.7 Å². The second-order valence-electron chi connectivity index (χ2n) is 6.36. The van der Waals surface area contributed by atoms with Gasteiger partial charge < -0.3 is 4.74 Å². The molecule has 0 spiro atoms. The molecule has 148 valence electrons. The van der Waals surface area contributed by atoms with Gasteiger partial charge in [-0.25, -0.2) is 13.4 Å². The number of hydrogen-bond donors (Lipinski definition) is 1. The van der Waals surface area contributed by atoms with Gasteiger partial charge in [0, 0.05) is 13.1 Å². The third-order valence-corrected chi connectivity index (χ3v) is 8.51. The highest BCUT2D eigenvalue weighted by molar-refractivity contribution is 7.89. The van der Waals surface area contributed by atoms with E-state index >= 15 is 0 Å². The molecular formula is C18H19N3O4S3. The number of thiazole rings is 1. The Hall–Kier alpha value is -2.01. The second kappa shape index (κ2) is 7.78. The van der Waals surface area contributed by atoms with Crippen LogP contribution in [0.25, 0.3) is 10.2 Å². The molecule has 0 saturated carbocycles. The fraction of sp³-hybridized carbons (Fsp3) is 0.333. The lowest BCUT2D eigenvalue weighted by Crippen LogP contribution is -2.36. The van der Waals surface area contributed by atoms with Gasteiger partial charge in [0.25, 0.3) is 5.91 Å². The average molecular weight is 438 g/mol. The van der Waals surface area contributed by atoms with Crippen molar-refractivity contribution in [3.05, 3.63) is 34.5 Å². The van der Waals surface area contributed by atoms with Crippen molar-refractivity contribution >= 4 is 54.0 Å². The van der Waals surface area contributed by atoms with E-state index in [0.29, 0.717) is 29.5 Å². The van der Waals surface area contributed by atoms with E-state index in [-0.39, 0.29) is 9.77 Å². The maximum Gasteiger partial charge on any atom is 0.268 e. The third kappa shape index (κ3) is 3.52. The van der Waals surface area contributed by atoms with Crippen molar-refractivity contribution in [1.82, 2.24) is 9.29 Å². The van der Waals surface area contributed by atoms with E-state index in [2.05, 4.69) is 10.3 Å². The maximum absolute atomic E-state index is 13.0. The van der Waals surface area contributed by atoms with Gasteiger partial charge >= 0.3 is 0 Å². The highest BCUT2D eigenvalue weighted by Crippen LogP contribution is 2.33. The summed E-state index contributed by atoms with van der Waals surface area (Å²) in [6.45, 7) is 0.994. The van der Waals surface area contributed by atoms with Gasteiger partial charge in [-0.1, -0.05) is 23.8 Å². The van der Waals surface area contributed by atoms with Gasteiger partial charge in [-0.3, -0.25) is 10.1 Å². The number of methoxy groups -OCH3 is 1. The molecule has 1 fully saturated rings. The summed E-state index contributed by atoms with van der Waals surface area (Å²) in [6, 6.07) is 7.05. The highest BCUT2D eigenvalue weighted by atomic mass is 32.2. The second-order valence-corrected chi connectivity index (χ2v) is 10.2. The first kappa shape index (κ1) is 19.3. The topological polar surface area (TPSA) is 88.6 Å². The molecule has 3 heterocycles. The molecule has 1 amide bonds. The Morgan fingerprint density at radius 3 is 2.75 bits per heavy atom. The van der Waals surface area contributed by atoms with Crippen LogP contribution in [0, 0.1) is 0 Å². The van der Waals surface area contributed by atoms with E-state index in [4.69, 9.17) is 4.74 Å². The number of nitrogens with zero attached hydrogens (tertiary/aromatic N) is 2. The minimum absolute atomic E-state index is 0.0654. The minimum Gasteiger partial charge on any atom is -0.494 e. The van der Waals surface area contributed by atoms with Crippen molar-refractivity contribution in [2.24, 2.45) is 0 Å². The molecule has 0 aliphatic carbocycles. The number of anilines is 1. The first-order valence-electron chi connectivity index (χ1n) is 8.83. The highest BCUT2D eigenvalue weighted by Gasteiger charge is 2.31. The van der Waals surface area contributed by atoms with Crippen LogP contribution in [0.2, 0.25) is 0 Å². The number of carbonyl (C=O) groups is 1. The van der Waals surface area contributed by atoms with Gasteiger partial charge in [0.2, 0.25) is 10.0 Å². The molecule has 28 heavy (non-hydrogen) atoms. The molecule has 0 bridgehead atoms. The van der Waals surface area contributed by atoms with Crippen molar-refractivity contribution in [3.63, 3.8) is 0 Å². The molecule has 1 N–H and O–H groups in total. The van der Waals surface area contributed by atoms with Gasteiger partial charge in [-0.15, -0.1) is 11.3 Å². The van der Waals surface area contributed by atoms with E-state index in [1.807, 2.05) is 12.1 Å². The number of amides is 1. The van der Waals surface area contributed by atoms with E-state index in [1.54, 1.807) is 18.6 Å². The number of benzene rings is 1. The minimum atomic E-state index is -3.68. The molecule has 10 heteroatoms. The summed E-state index contributed by atoms with van der Waals surface area (Å²) in [4.78, 5) is 17.5. The molecule has 0 radical (unpaired) electrons. The Bertz CT molecular complexity index is 1110. The van der Waals surface area contributed by atoms with Gasteiger partial charge in [0.1, 0.15) is 21.0 Å². The molecule has 0 atom stereocenters. The standard InChI is InChI=1S/C18H19N3O4S3/c1-25-12-6-5-7-13-15(12)19-18(27-13)20-17(22)16-14(8-11-26-16)28(23,24)21-9-3-2-4-10-21/h5-8,11H,2-4,9-10H2,1H3,(H,19,20,22). The number of fused-ring (bicyclic) bond motifs is 1. The average Bonchev–Trinajstić information content (AvgIpc) is 3.35. The van der Waals surface area contributed by atoms with Crippen LogP contribution in [-0.2, 0) is 10.0 Å². The number of piperidine rings is 1. The summed E-state index contributed by atoms with van der Waals surface area (Å²) in [6.07, 6.45) is 2.72. The molecule has 7 nitrogen and oxygen atoms in total. The van der Waals surface area contributed by atoms with Gasteiger partial charge in [-0.05, 0) is 36.4 Å². The van der Waals surface area contributed by atoms with Crippen LogP contribution >= 0.6 is 22.7 Å². The SMILES string of the molecule is COc1cccc2sc(NC(=O)c3sccc3S(=O)(=O)N3CCCCC3)nc12. The Morgan fingerprint density at radius 1 is 1.21 bits per heavy atom. The van der Waals surface area contributed by atoms with Crippen LogP contribution in [0.15, 0.2) is 34.5 Å². The first-order valence-corrected chi connectivity index (χ1v) is 12.0. The summed E-state index contributed by atoms with van der Waals surface area (Å²) in [5, 5.41) is 4.77.